The number of hydrogen-bond donors (Lipinski definition) is 0. The highest BCUT2D eigenvalue weighted by Crippen LogP contribution is 2.44. The van der Waals surface area contributed by atoms with E-state index in [1.807, 2.05) is 6.20 Å². The van der Waals surface area contributed by atoms with Crippen LogP contribution in [0.1, 0.15) is 72.1 Å². The zero-order valence-electron chi connectivity index (χ0n) is 39.4. The predicted molar refractivity (Wildman–Crippen MR) is 277 cm³/mol. The van der Waals surface area contributed by atoms with Crippen molar-refractivity contribution >= 4 is 33.2 Å². The molecule has 1 aliphatic heterocycles. The van der Waals surface area contributed by atoms with Crippen LogP contribution in [0.25, 0.3) is 49.9 Å². The minimum Gasteiger partial charge on any atom is -0.457 e. The van der Waals surface area contributed by atoms with Crippen molar-refractivity contribution < 1.29 is 4.74 Å². The van der Waals surface area contributed by atoms with Crippen LogP contribution in [0.15, 0.2) is 200 Å². The molecule has 5 heteroatoms. The highest BCUT2D eigenvalue weighted by atomic mass is 16.5. The number of hydrogen-bond acceptors (Lipinski definition) is 4. The molecule has 328 valence electrons. The third-order valence-corrected chi connectivity index (χ3v) is 13.3. The lowest BCUT2D eigenvalue weighted by molar-refractivity contribution is 0.483. The highest BCUT2D eigenvalue weighted by molar-refractivity contribution is 6.10. The van der Waals surface area contributed by atoms with E-state index in [1.54, 1.807) is 0 Å². The molecule has 0 N–H and O–H groups in total. The van der Waals surface area contributed by atoms with Gasteiger partial charge in [0.2, 0.25) is 0 Å². The van der Waals surface area contributed by atoms with Crippen LogP contribution in [0.2, 0.25) is 0 Å². The lowest BCUT2D eigenvalue weighted by atomic mass is 9.80. The van der Waals surface area contributed by atoms with Gasteiger partial charge in [0.1, 0.15) is 17.3 Å². The van der Waals surface area contributed by atoms with E-state index in [-0.39, 0.29) is 16.2 Å². The first-order valence-electron chi connectivity index (χ1n) is 23.1. The van der Waals surface area contributed by atoms with Gasteiger partial charge in [0.05, 0.1) is 17.7 Å². The Balaban J connectivity index is 1.04. The molecule has 0 atom stereocenters. The Morgan fingerprint density at radius 2 is 1.12 bits per heavy atom. The summed E-state index contributed by atoms with van der Waals surface area (Å²) in [4.78, 5) is 9.82. The second-order valence-corrected chi connectivity index (χ2v) is 20.3. The van der Waals surface area contributed by atoms with Crippen molar-refractivity contribution in [3.8, 4) is 39.6 Å². The van der Waals surface area contributed by atoms with Crippen LogP contribution in [-0.2, 0) is 16.2 Å². The van der Waals surface area contributed by atoms with E-state index in [2.05, 4.69) is 258 Å². The van der Waals surface area contributed by atoms with E-state index in [4.69, 9.17) is 9.72 Å². The molecule has 66 heavy (non-hydrogen) atoms. The van der Waals surface area contributed by atoms with Gasteiger partial charge in [0.15, 0.2) is 0 Å². The van der Waals surface area contributed by atoms with Crippen molar-refractivity contribution in [1.82, 2.24) is 9.55 Å². The van der Waals surface area contributed by atoms with Crippen molar-refractivity contribution in [2.24, 2.45) is 0 Å². The predicted octanol–water partition coefficient (Wildman–Crippen LogP) is 16.0. The standard InChI is InChI=1S/C61H58N4O/c1-59(2,3)47-31-32-62-58(37-47)65-55-30-27-44(42-19-12-9-13-20-42)35-54(55)53-29-28-52(39-56(53)65)66-51-26-18-25-49(38-51)63-40-57(61(7,8)46-23-16-11-17-24-46)64(41-63)50-34-45(43-21-14-10-15-22-43)33-48(36-50)60(4,5)6/h9-40H,41H2,1-8H3. The molecule has 0 saturated carbocycles. The molecule has 3 heterocycles. The van der Waals surface area contributed by atoms with Gasteiger partial charge in [-0.25, -0.2) is 4.98 Å². The third kappa shape index (κ3) is 8.15. The number of allylic oxidation sites excluding steroid dienone is 1. The summed E-state index contributed by atoms with van der Waals surface area (Å²) in [6, 6.07) is 65.3. The fraction of sp³-hybridized carbons (Fsp3) is 0.197. The largest absolute Gasteiger partial charge is 0.457 e. The van der Waals surface area contributed by atoms with Gasteiger partial charge in [-0.15, -0.1) is 0 Å². The molecule has 0 bridgehead atoms. The second kappa shape index (κ2) is 16.6. The zero-order valence-corrected chi connectivity index (χ0v) is 39.4. The number of benzene rings is 7. The minimum atomic E-state index is -0.300. The summed E-state index contributed by atoms with van der Waals surface area (Å²) >= 11 is 0. The van der Waals surface area contributed by atoms with E-state index < -0.39 is 0 Å². The second-order valence-electron chi connectivity index (χ2n) is 20.3. The molecule has 0 aliphatic carbocycles. The van der Waals surface area contributed by atoms with Gasteiger partial charge >= 0.3 is 0 Å². The van der Waals surface area contributed by atoms with Crippen LogP contribution < -0.4 is 14.5 Å². The Bertz CT molecular complexity index is 3240. The van der Waals surface area contributed by atoms with Crippen molar-refractivity contribution in [2.75, 3.05) is 16.5 Å². The number of anilines is 2. The van der Waals surface area contributed by atoms with Gasteiger partial charge in [-0.05, 0) is 110 Å². The maximum Gasteiger partial charge on any atom is 0.137 e. The molecule has 0 amide bonds. The Kier molecular flexibility index (Phi) is 10.7. The Labute approximate surface area is 390 Å². The summed E-state index contributed by atoms with van der Waals surface area (Å²) < 4.78 is 9.13. The number of fused-ring (bicyclic) bond motifs is 3. The van der Waals surface area contributed by atoms with Crippen molar-refractivity contribution in [3.05, 3.63) is 217 Å². The fourth-order valence-electron chi connectivity index (χ4n) is 9.35. The van der Waals surface area contributed by atoms with E-state index in [9.17, 15) is 0 Å². The number of ether oxygens (including phenoxy) is 1. The molecule has 0 radical (unpaired) electrons. The summed E-state index contributed by atoms with van der Waals surface area (Å²) in [6.07, 6.45) is 4.27. The summed E-state index contributed by atoms with van der Waals surface area (Å²) in [5.41, 5.74) is 13.8. The quantitative estimate of drug-likeness (QED) is 0.145. The minimum absolute atomic E-state index is 0.0304. The Hall–Kier alpha value is -7.37. The van der Waals surface area contributed by atoms with E-state index in [0.29, 0.717) is 6.67 Å². The van der Waals surface area contributed by atoms with Crippen LogP contribution in [0.3, 0.4) is 0 Å². The molecule has 7 aromatic carbocycles. The molecular formula is C61H58N4O. The average molecular weight is 863 g/mol. The normalized spacial score (nSPS) is 13.4. The Morgan fingerprint density at radius 3 is 1.82 bits per heavy atom. The van der Waals surface area contributed by atoms with Crippen LogP contribution in [0, 0.1) is 0 Å². The molecular weight excluding hydrogens is 805 g/mol. The number of aromatic nitrogens is 2. The van der Waals surface area contributed by atoms with Crippen molar-refractivity contribution in [1.29, 1.82) is 0 Å². The van der Waals surface area contributed by atoms with Crippen LogP contribution in [0.4, 0.5) is 11.4 Å². The first-order valence-corrected chi connectivity index (χ1v) is 23.1. The first kappa shape index (κ1) is 42.6. The molecule has 0 fully saturated rings. The molecule has 10 rings (SSSR count). The fourth-order valence-corrected chi connectivity index (χ4v) is 9.35. The smallest absolute Gasteiger partial charge is 0.137 e. The maximum absolute atomic E-state index is 6.84. The number of nitrogens with zero attached hydrogens (tertiary/aromatic N) is 4. The number of pyridine rings is 1. The Morgan fingerprint density at radius 1 is 0.455 bits per heavy atom. The maximum atomic E-state index is 6.84. The lowest BCUT2D eigenvalue weighted by Gasteiger charge is -2.35. The van der Waals surface area contributed by atoms with E-state index >= 15 is 0 Å². The monoisotopic (exact) mass is 862 g/mol. The van der Waals surface area contributed by atoms with Crippen molar-refractivity contribution in [2.45, 2.75) is 71.6 Å². The molecule has 5 nitrogen and oxygen atoms in total. The van der Waals surface area contributed by atoms with Gasteiger partial charge in [-0.1, -0.05) is 165 Å². The molecule has 2 aromatic heterocycles. The van der Waals surface area contributed by atoms with Crippen LogP contribution in [0.5, 0.6) is 11.5 Å². The third-order valence-electron chi connectivity index (χ3n) is 13.3. The van der Waals surface area contributed by atoms with Crippen molar-refractivity contribution in [3.63, 3.8) is 0 Å². The van der Waals surface area contributed by atoms with Crippen LogP contribution in [-0.4, -0.2) is 16.2 Å². The van der Waals surface area contributed by atoms with Gasteiger partial charge in [-0.2, -0.15) is 0 Å². The van der Waals surface area contributed by atoms with E-state index in [1.165, 1.54) is 55.7 Å². The molecule has 0 unspecified atom stereocenters. The molecule has 9 aromatic rings. The van der Waals surface area contributed by atoms with Gasteiger partial charge in [0.25, 0.3) is 0 Å². The summed E-state index contributed by atoms with van der Waals surface area (Å²) in [6.45, 7) is 19.0. The van der Waals surface area contributed by atoms with Gasteiger partial charge in [0, 0.05) is 57.8 Å². The molecule has 0 saturated heterocycles. The first-order chi connectivity index (χ1) is 31.7. The average Bonchev–Trinajstić information content (AvgIpc) is 3.93. The molecule has 0 spiro atoms. The van der Waals surface area contributed by atoms with Crippen LogP contribution >= 0.6 is 0 Å². The summed E-state index contributed by atoms with van der Waals surface area (Å²) in [5.74, 6) is 2.42. The van der Waals surface area contributed by atoms with Gasteiger partial charge < -0.3 is 14.5 Å². The SMILES string of the molecule is CC(C)(C)c1cc(-c2ccccc2)cc(N2CN(c3cccc(Oc4ccc5c6cc(-c7ccccc7)ccc6n(-c6cc(C(C)(C)C)ccn6)c5c4)c3)C=C2C(C)(C)c2ccccc2)c1. The zero-order chi connectivity index (χ0) is 45.8. The topological polar surface area (TPSA) is 33.5 Å². The van der Waals surface area contributed by atoms with E-state index in [0.717, 1.165) is 39.4 Å². The number of rotatable bonds is 9. The highest BCUT2D eigenvalue weighted by Gasteiger charge is 2.36. The lowest BCUT2D eigenvalue weighted by Crippen LogP contribution is -2.34. The molecule has 1 aliphatic rings. The summed E-state index contributed by atoms with van der Waals surface area (Å²) in [5, 5.41) is 2.32. The summed E-state index contributed by atoms with van der Waals surface area (Å²) in [7, 11) is 0. The van der Waals surface area contributed by atoms with Gasteiger partial charge in [-0.3, -0.25) is 4.57 Å².